The van der Waals surface area contributed by atoms with Crippen LogP contribution in [0, 0.1) is 0 Å². The van der Waals surface area contributed by atoms with Gasteiger partial charge in [-0.2, -0.15) is 0 Å². The molecule has 0 spiro atoms. The average Bonchev–Trinajstić information content (AvgIpc) is 3.31. The monoisotopic (exact) mass is 392 g/mol. The molecule has 29 heavy (non-hydrogen) atoms. The normalized spacial score (nSPS) is 12.9. The molecule has 7 nitrogen and oxygen atoms in total. The third kappa shape index (κ3) is 3.47. The number of carbonyl (C=O) groups is 2. The maximum atomic E-state index is 12.4. The summed E-state index contributed by atoms with van der Waals surface area (Å²) in [4.78, 5) is 23.4. The van der Waals surface area contributed by atoms with Gasteiger partial charge in [-0.15, -0.1) is 0 Å². The van der Waals surface area contributed by atoms with Gasteiger partial charge in [-0.3, -0.25) is 0 Å². The highest BCUT2D eigenvalue weighted by atomic mass is 16.5. The first-order valence-corrected chi connectivity index (χ1v) is 9.20. The summed E-state index contributed by atoms with van der Waals surface area (Å²) in [6.45, 7) is 3.55. The summed E-state index contributed by atoms with van der Waals surface area (Å²) >= 11 is 0. The second-order valence-corrected chi connectivity index (χ2v) is 7.46. The van der Waals surface area contributed by atoms with Crippen molar-refractivity contribution in [2.45, 2.75) is 25.3 Å². The SMILES string of the molecule is CC(C)(NC(=O)OCC1c2ccccc2-c2ccccc21)c1cc(C(=O)O)no1. The van der Waals surface area contributed by atoms with Gasteiger partial charge in [-0.05, 0) is 36.1 Å². The van der Waals surface area contributed by atoms with Crippen molar-refractivity contribution in [1.29, 1.82) is 0 Å². The molecule has 148 valence electrons. The molecule has 4 rings (SSSR count). The zero-order valence-corrected chi connectivity index (χ0v) is 16.0. The van der Waals surface area contributed by atoms with Crippen LogP contribution in [0.4, 0.5) is 4.79 Å². The number of benzene rings is 2. The van der Waals surface area contributed by atoms with Gasteiger partial charge in [0.25, 0.3) is 0 Å². The number of alkyl carbamates (subject to hydrolysis) is 1. The standard InChI is InChI=1S/C22H20N2O5/c1-22(2,19-11-18(20(25)26)24-29-19)23-21(27)28-12-17-15-9-5-3-7-13(15)14-8-4-6-10-16(14)17/h3-11,17H,12H2,1-2H3,(H,23,27)(H,25,26). The van der Waals surface area contributed by atoms with Crippen LogP contribution in [0.3, 0.4) is 0 Å². The minimum Gasteiger partial charge on any atom is -0.476 e. The van der Waals surface area contributed by atoms with E-state index in [1.165, 1.54) is 6.07 Å². The Hall–Kier alpha value is -3.61. The Bertz CT molecular complexity index is 1040. The summed E-state index contributed by atoms with van der Waals surface area (Å²) in [6.07, 6.45) is -0.620. The summed E-state index contributed by atoms with van der Waals surface area (Å²) < 4.78 is 10.6. The first-order chi connectivity index (χ1) is 13.9. The molecule has 1 amide bonds. The number of rotatable bonds is 5. The second kappa shape index (κ2) is 7.09. The molecule has 0 radical (unpaired) electrons. The van der Waals surface area contributed by atoms with Gasteiger partial charge in [-0.25, -0.2) is 9.59 Å². The van der Waals surface area contributed by atoms with Gasteiger partial charge < -0.3 is 19.7 Å². The van der Waals surface area contributed by atoms with E-state index < -0.39 is 17.6 Å². The van der Waals surface area contributed by atoms with Gasteiger partial charge in [0, 0.05) is 12.0 Å². The Kier molecular flexibility index (Phi) is 4.58. The van der Waals surface area contributed by atoms with Crippen molar-refractivity contribution in [3.05, 3.63) is 77.2 Å². The number of aromatic nitrogens is 1. The van der Waals surface area contributed by atoms with E-state index in [0.29, 0.717) is 0 Å². The number of hydrogen-bond acceptors (Lipinski definition) is 5. The maximum absolute atomic E-state index is 12.4. The predicted molar refractivity (Wildman–Crippen MR) is 105 cm³/mol. The Labute approximate surface area is 167 Å². The van der Waals surface area contributed by atoms with Gasteiger partial charge >= 0.3 is 12.1 Å². The Morgan fingerprint density at radius 2 is 1.69 bits per heavy atom. The number of hydrogen-bond donors (Lipinski definition) is 2. The summed E-state index contributed by atoms with van der Waals surface area (Å²) in [5, 5.41) is 15.2. The van der Waals surface area contributed by atoms with Crippen LogP contribution in [0.2, 0.25) is 0 Å². The maximum Gasteiger partial charge on any atom is 0.407 e. The molecule has 0 saturated carbocycles. The fourth-order valence-corrected chi connectivity index (χ4v) is 3.62. The zero-order chi connectivity index (χ0) is 20.6. The van der Waals surface area contributed by atoms with E-state index in [0.717, 1.165) is 22.3 Å². The molecule has 1 heterocycles. The number of carboxylic acids is 1. The smallest absolute Gasteiger partial charge is 0.407 e. The molecular formula is C22H20N2O5. The van der Waals surface area contributed by atoms with E-state index in [9.17, 15) is 9.59 Å². The van der Waals surface area contributed by atoms with Gasteiger partial charge in [0.15, 0.2) is 11.5 Å². The predicted octanol–water partition coefficient (Wildman–Crippen LogP) is 4.15. The van der Waals surface area contributed by atoms with E-state index in [1.54, 1.807) is 13.8 Å². The van der Waals surface area contributed by atoms with Crippen molar-refractivity contribution < 1.29 is 24.0 Å². The molecule has 0 bridgehead atoms. The van der Waals surface area contributed by atoms with Gasteiger partial charge in [-0.1, -0.05) is 53.7 Å². The molecule has 1 aliphatic rings. The van der Waals surface area contributed by atoms with Gasteiger partial charge in [0.2, 0.25) is 0 Å². The molecule has 2 aromatic carbocycles. The highest BCUT2D eigenvalue weighted by Crippen LogP contribution is 2.44. The van der Waals surface area contributed by atoms with Crippen molar-refractivity contribution in [1.82, 2.24) is 10.5 Å². The molecule has 0 fully saturated rings. The van der Waals surface area contributed by atoms with Gasteiger partial charge in [0.05, 0.1) is 5.54 Å². The Balaban J connectivity index is 1.46. The lowest BCUT2D eigenvalue weighted by molar-refractivity contribution is 0.0685. The van der Waals surface area contributed by atoms with E-state index in [4.69, 9.17) is 14.4 Å². The van der Waals surface area contributed by atoms with Gasteiger partial charge in [0.1, 0.15) is 6.61 Å². The summed E-state index contributed by atoms with van der Waals surface area (Å²) in [5.41, 5.74) is 3.36. The van der Waals surface area contributed by atoms with Crippen molar-refractivity contribution in [2.75, 3.05) is 6.61 Å². The molecule has 1 aromatic heterocycles. The molecule has 1 aliphatic carbocycles. The van der Waals surface area contributed by atoms with Crippen LogP contribution >= 0.6 is 0 Å². The highest BCUT2D eigenvalue weighted by molar-refractivity contribution is 5.85. The van der Waals surface area contributed by atoms with Crippen molar-refractivity contribution in [3.8, 4) is 11.1 Å². The zero-order valence-electron chi connectivity index (χ0n) is 16.0. The number of amides is 1. The molecule has 0 atom stereocenters. The first-order valence-electron chi connectivity index (χ1n) is 9.20. The fourth-order valence-electron chi connectivity index (χ4n) is 3.62. The lowest BCUT2D eigenvalue weighted by Crippen LogP contribution is -2.41. The molecule has 0 unspecified atom stereocenters. The molecule has 2 N–H and O–H groups in total. The summed E-state index contributed by atoms with van der Waals surface area (Å²) in [6, 6.07) is 17.5. The van der Waals surface area contributed by atoms with E-state index in [2.05, 4.69) is 22.6 Å². The van der Waals surface area contributed by atoms with Crippen LogP contribution in [0.1, 0.15) is 47.1 Å². The minimum absolute atomic E-state index is 0.0415. The number of ether oxygens (including phenoxy) is 1. The Morgan fingerprint density at radius 3 is 2.24 bits per heavy atom. The number of nitrogens with zero attached hydrogens (tertiary/aromatic N) is 1. The Morgan fingerprint density at radius 1 is 1.10 bits per heavy atom. The topological polar surface area (TPSA) is 102 Å². The van der Waals surface area contributed by atoms with E-state index >= 15 is 0 Å². The van der Waals surface area contributed by atoms with Crippen molar-refractivity contribution >= 4 is 12.1 Å². The summed E-state index contributed by atoms with van der Waals surface area (Å²) in [7, 11) is 0. The first kappa shape index (κ1) is 18.7. The summed E-state index contributed by atoms with van der Waals surface area (Å²) in [5.74, 6) is -1.01. The number of fused-ring (bicyclic) bond motifs is 3. The minimum atomic E-state index is -1.20. The molecule has 0 saturated heterocycles. The molecule has 7 heteroatoms. The van der Waals surface area contributed by atoms with Crippen molar-refractivity contribution in [2.24, 2.45) is 0 Å². The van der Waals surface area contributed by atoms with Crippen LogP contribution in [0.5, 0.6) is 0 Å². The fraction of sp³-hybridized carbons (Fsp3) is 0.227. The number of aromatic carboxylic acids is 1. The molecular weight excluding hydrogens is 372 g/mol. The van der Waals surface area contributed by atoms with E-state index in [1.807, 2.05) is 36.4 Å². The van der Waals surface area contributed by atoms with Crippen LogP contribution in [0.15, 0.2) is 59.1 Å². The van der Waals surface area contributed by atoms with E-state index in [-0.39, 0.29) is 24.0 Å². The molecule has 3 aromatic rings. The second-order valence-electron chi connectivity index (χ2n) is 7.46. The lowest BCUT2D eigenvalue weighted by atomic mass is 9.98. The number of carbonyl (C=O) groups excluding carboxylic acids is 1. The molecule has 0 aliphatic heterocycles. The quantitative estimate of drug-likeness (QED) is 0.676. The number of carboxylic acid groups (broad SMARTS) is 1. The highest BCUT2D eigenvalue weighted by Gasteiger charge is 2.32. The largest absolute Gasteiger partial charge is 0.476 e. The average molecular weight is 392 g/mol. The van der Waals surface area contributed by atoms with Crippen LogP contribution in [-0.4, -0.2) is 28.9 Å². The third-order valence-electron chi connectivity index (χ3n) is 5.10. The van der Waals surface area contributed by atoms with Crippen LogP contribution < -0.4 is 5.32 Å². The van der Waals surface area contributed by atoms with Crippen molar-refractivity contribution in [3.63, 3.8) is 0 Å². The van der Waals surface area contributed by atoms with Crippen LogP contribution in [-0.2, 0) is 10.3 Å². The third-order valence-corrected chi connectivity index (χ3v) is 5.10. The number of nitrogens with one attached hydrogen (secondary N) is 1. The van der Waals surface area contributed by atoms with Crippen LogP contribution in [0.25, 0.3) is 11.1 Å². The lowest BCUT2D eigenvalue weighted by Gasteiger charge is -2.23.